The lowest BCUT2D eigenvalue weighted by Gasteiger charge is -2.08. The van der Waals surface area contributed by atoms with Crippen LogP contribution in [0.25, 0.3) is 10.9 Å². The second-order valence-corrected chi connectivity index (χ2v) is 4.47. The van der Waals surface area contributed by atoms with E-state index in [1.807, 2.05) is 12.3 Å². The minimum atomic E-state index is 0.450. The van der Waals surface area contributed by atoms with E-state index in [2.05, 4.69) is 36.2 Å². The quantitative estimate of drug-likeness (QED) is 0.661. The third-order valence-corrected chi connectivity index (χ3v) is 3.30. The first-order valence-corrected chi connectivity index (χ1v) is 5.13. The van der Waals surface area contributed by atoms with Gasteiger partial charge in [-0.15, -0.1) is 0 Å². The van der Waals surface area contributed by atoms with Gasteiger partial charge in [0.25, 0.3) is 0 Å². The molecule has 1 aliphatic carbocycles. The van der Waals surface area contributed by atoms with Gasteiger partial charge in [0.2, 0.25) is 0 Å². The first-order chi connectivity index (χ1) is 6.78. The van der Waals surface area contributed by atoms with E-state index >= 15 is 0 Å². The van der Waals surface area contributed by atoms with Crippen molar-refractivity contribution in [3.63, 3.8) is 0 Å². The van der Waals surface area contributed by atoms with Crippen LogP contribution in [0.15, 0.2) is 36.5 Å². The van der Waals surface area contributed by atoms with Gasteiger partial charge in [-0.05, 0) is 36.0 Å². The molecule has 1 aromatic carbocycles. The van der Waals surface area contributed by atoms with Gasteiger partial charge < -0.3 is 0 Å². The fourth-order valence-corrected chi connectivity index (χ4v) is 1.92. The number of hydrogen-bond donors (Lipinski definition) is 0. The van der Waals surface area contributed by atoms with Gasteiger partial charge in [0.1, 0.15) is 0 Å². The van der Waals surface area contributed by atoms with Crippen molar-refractivity contribution in [2.75, 3.05) is 0 Å². The standard InChI is InChI=1S/C13H13N/c1-13(6-7-13)11-5-4-10-3-2-8-14-12(10)9-11/h2-5,8-9H,6-7H2,1H3. The van der Waals surface area contributed by atoms with Crippen molar-refractivity contribution in [1.82, 2.24) is 4.98 Å². The number of rotatable bonds is 1. The van der Waals surface area contributed by atoms with Crippen LogP contribution >= 0.6 is 0 Å². The highest BCUT2D eigenvalue weighted by molar-refractivity contribution is 5.79. The summed E-state index contributed by atoms with van der Waals surface area (Å²) in [6, 6.07) is 10.8. The molecular weight excluding hydrogens is 170 g/mol. The molecule has 1 aliphatic rings. The molecule has 70 valence electrons. The van der Waals surface area contributed by atoms with Crippen LogP contribution in [0.3, 0.4) is 0 Å². The number of nitrogens with zero attached hydrogens (tertiary/aromatic N) is 1. The van der Waals surface area contributed by atoms with Crippen LogP contribution < -0.4 is 0 Å². The van der Waals surface area contributed by atoms with Gasteiger partial charge in [0.05, 0.1) is 5.52 Å². The van der Waals surface area contributed by atoms with Crippen molar-refractivity contribution in [1.29, 1.82) is 0 Å². The zero-order valence-corrected chi connectivity index (χ0v) is 8.33. The Hall–Kier alpha value is -1.37. The van der Waals surface area contributed by atoms with Crippen LogP contribution in [0.5, 0.6) is 0 Å². The Morgan fingerprint density at radius 2 is 2.07 bits per heavy atom. The summed E-state index contributed by atoms with van der Waals surface area (Å²) in [4.78, 5) is 4.38. The summed E-state index contributed by atoms with van der Waals surface area (Å²) in [6.45, 7) is 2.33. The molecular formula is C13H13N. The molecule has 0 saturated heterocycles. The van der Waals surface area contributed by atoms with Gasteiger partial charge >= 0.3 is 0 Å². The summed E-state index contributed by atoms with van der Waals surface area (Å²) in [5.41, 5.74) is 3.02. The second kappa shape index (κ2) is 2.57. The van der Waals surface area contributed by atoms with Crippen molar-refractivity contribution in [3.05, 3.63) is 42.1 Å². The predicted molar refractivity (Wildman–Crippen MR) is 58.3 cm³/mol. The molecule has 0 unspecified atom stereocenters. The Morgan fingerprint density at radius 3 is 2.86 bits per heavy atom. The number of fused-ring (bicyclic) bond motifs is 1. The molecule has 2 aromatic rings. The average Bonchev–Trinajstić information content (AvgIpc) is 2.97. The fraction of sp³-hybridized carbons (Fsp3) is 0.308. The van der Waals surface area contributed by atoms with E-state index in [0.717, 1.165) is 5.52 Å². The van der Waals surface area contributed by atoms with Crippen LogP contribution in [0.1, 0.15) is 25.3 Å². The highest BCUT2D eigenvalue weighted by atomic mass is 14.6. The summed E-state index contributed by atoms with van der Waals surface area (Å²) in [7, 11) is 0. The largest absolute Gasteiger partial charge is 0.256 e. The fourth-order valence-electron chi connectivity index (χ4n) is 1.92. The molecule has 14 heavy (non-hydrogen) atoms. The van der Waals surface area contributed by atoms with Gasteiger partial charge in [0.15, 0.2) is 0 Å². The maximum Gasteiger partial charge on any atom is 0.0704 e. The lowest BCUT2D eigenvalue weighted by atomic mass is 9.97. The third-order valence-electron chi connectivity index (χ3n) is 3.30. The van der Waals surface area contributed by atoms with Gasteiger partial charge in [-0.25, -0.2) is 0 Å². The van der Waals surface area contributed by atoms with E-state index in [1.165, 1.54) is 23.8 Å². The monoisotopic (exact) mass is 183 g/mol. The minimum Gasteiger partial charge on any atom is -0.256 e. The van der Waals surface area contributed by atoms with Gasteiger partial charge in [-0.3, -0.25) is 4.98 Å². The Balaban J connectivity index is 2.20. The molecule has 0 radical (unpaired) electrons. The summed E-state index contributed by atoms with van der Waals surface area (Å²) in [6.07, 6.45) is 4.51. The minimum absolute atomic E-state index is 0.450. The molecule has 1 nitrogen and oxygen atoms in total. The first kappa shape index (κ1) is 7.98. The van der Waals surface area contributed by atoms with E-state index in [9.17, 15) is 0 Å². The van der Waals surface area contributed by atoms with E-state index in [0.29, 0.717) is 5.41 Å². The summed E-state index contributed by atoms with van der Waals surface area (Å²) in [5, 5.41) is 1.24. The molecule has 3 rings (SSSR count). The number of hydrogen-bond acceptors (Lipinski definition) is 1. The Labute approximate surface area is 83.8 Å². The summed E-state index contributed by atoms with van der Waals surface area (Å²) < 4.78 is 0. The normalized spacial score (nSPS) is 18.4. The Kier molecular flexibility index (Phi) is 1.46. The van der Waals surface area contributed by atoms with Gasteiger partial charge in [-0.2, -0.15) is 0 Å². The lowest BCUT2D eigenvalue weighted by molar-refractivity contribution is 0.789. The topological polar surface area (TPSA) is 12.9 Å². The van der Waals surface area contributed by atoms with E-state index in [4.69, 9.17) is 0 Å². The molecule has 1 heteroatoms. The van der Waals surface area contributed by atoms with E-state index in [1.54, 1.807) is 0 Å². The van der Waals surface area contributed by atoms with E-state index in [-0.39, 0.29) is 0 Å². The SMILES string of the molecule is CC1(c2ccc3cccnc3c2)CC1. The van der Waals surface area contributed by atoms with Crippen molar-refractivity contribution in [2.24, 2.45) is 0 Å². The molecule has 0 bridgehead atoms. The molecule has 0 atom stereocenters. The van der Waals surface area contributed by atoms with Crippen molar-refractivity contribution >= 4 is 10.9 Å². The lowest BCUT2D eigenvalue weighted by Crippen LogP contribution is -1.98. The molecule has 0 amide bonds. The summed E-state index contributed by atoms with van der Waals surface area (Å²) >= 11 is 0. The van der Waals surface area contributed by atoms with Crippen molar-refractivity contribution in [3.8, 4) is 0 Å². The third kappa shape index (κ3) is 1.12. The van der Waals surface area contributed by atoms with Gasteiger partial charge in [0, 0.05) is 11.6 Å². The maximum atomic E-state index is 4.38. The Morgan fingerprint density at radius 1 is 1.21 bits per heavy atom. The number of aromatic nitrogens is 1. The van der Waals surface area contributed by atoms with Crippen LogP contribution in [0.2, 0.25) is 0 Å². The first-order valence-electron chi connectivity index (χ1n) is 5.13. The van der Waals surface area contributed by atoms with Crippen molar-refractivity contribution in [2.45, 2.75) is 25.2 Å². The highest BCUT2D eigenvalue weighted by Gasteiger charge is 2.38. The molecule has 0 aliphatic heterocycles. The van der Waals surface area contributed by atoms with Crippen LogP contribution in [0, 0.1) is 0 Å². The van der Waals surface area contributed by atoms with Crippen LogP contribution in [0.4, 0.5) is 0 Å². The molecule has 0 spiro atoms. The van der Waals surface area contributed by atoms with Crippen LogP contribution in [-0.4, -0.2) is 4.98 Å². The zero-order chi connectivity index (χ0) is 9.60. The summed E-state index contributed by atoms with van der Waals surface area (Å²) in [5.74, 6) is 0. The molecule has 1 fully saturated rings. The Bertz CT molecular complexity index is 483. The molecule has 0 N–H and O–H groups in total. The van der Waals surface area contributed by atoms with Crippen molar-refractivity contribution < 1.29 is 0 Å². The number of benzene rings is 1. The molecule has 1 heterocycles. The predicted octanol–water partition coefficient (Wildman–Crippen LogP) is 3.29. The average molecular weight is 183 g/mol. The molecule has 1 aromatic heterocycles. The zero-order valence-electron chi connectivity index (χ0n) is 8.33. The van der Waals surface area contributed by atoms with E-state index < -0.39 is 0 Å². The highest BCUT2D eigenvalue weighted by Crippen LogP contribution is 2.47. The second-order valence-electron chi connectivity index (χ2n) is 4.47. The van der Waals surface area contributed by atoms with Gasteiger partial charge in [-0.1, -0.05) is 25.1 Å². The number of pyridine rings is 1. The maximum absolute atomic E-state index is 4.38. The molecule has 1 saturated carbocycles. The smallest absolute Gasteiger partial charge is 0.0704 e. The van der Waals surface area contributed by atoms with Crippen LogP contribution in [-0.2, 0) is 5.41 Å².